The van der Waals surface area contributed by atoms with Crippen LogP contribution in [-0.2, 0) is 15.6 Å². The Morgan fingerprint density at radius 1 is 1.14 bits per heavy atom. The van der Waals surface area contributed by atoms with E-state index in [1.165, 1.54) is 0 Å². The van der Waals surface area contributed by atoms with Gasteiger partial charge in [-0.05, 0) is 68.5 Å². The fraction of sp³-hybridized carbons (Fsp3) is 0.300. The largest absolute Gasteiger partial charge is 0.334 e. The molecule has 0 radical (unpaired) electrons. The van der Waals surface area contributed by atoms with Gasteiger partial charge >= 0.3 is 0 Å². The molecule has 7 nitrogen and oxygen atoms in total. The summed E-state index contributed by atoms with van der Waals surface area (Å²) in [7, 11) is -3.77. The Bertz CT molecular complexity index is 1130. The molecule has 0 amide bonds. The summed E-state index contributed by atoms with van der Waals surface area (Å²) in [6.07, 6.45) is 2.68. The SMILES string of the molecule is Cc1cccc(NS(=O)(=O)c2cc(-c3nc(C4(N)CCC4)no3)ccc2C)c1. The molecule has 1 aliphatic carbocycles. The number of aromatic nitrogens is 2. The molecule has 0 spiro atoms. The molecule has 2 aromatic carbocycles. The third-order valence-electron chi connectivity index (χ3n) is 5.11. The van der Waals surface area contributed by atoms with Gasteiger partial charge in [0.2, 0.25) is 0 Å². The average Bonchev–Trinajstić information content (AvgIpc) is 3.10. The van der Waals surface area contributed by atoms with Crippen LogP contribution in [0, 0.1) is 13.8 Å². The molecule has 0 aliphatic heterocycles. The Hall–Kier alpha value is -2.71. The van der Waals surface area contributed by atoms with Crippen LogP contribution in [0.25, 0.3) is 11.5 Å². The van der Waals surface area contributed by atoms with E-state index in [2.05, 4.69) is 14.9 Å². The van der Waals surface area contributed by atoms with Crippen LogP contribution in [-0.4, -0.2) is 18.6 Å². The van der Waals surface area contributed by atoms with E-state index < -0.39 is 15.6 Å². The fourth-order valence-electron chi connectivity index (χ4n) is 3.27. The smallest absolute Gasteiger partial charge is 0.262 e. The highest BCUT2D eigenvalue weighted by Gasteiger charge is 2.39. The monoisotopic (exact) mass is 398 g/mol. The van der Waals surface area contributed by atoms with E-state index in [4.69, 9.17) is 10.3 Å². The highest BCUT2D eigenvalue weighted by molar-refractivity contribution is 7.92. The number of anilines is 1. The maximum atomic E-state index is 12.9. The summed E-state index contributed by atoms with van der Waals surface area (Å²) in [6.45, 7) is 3.65. The molecule has 3 aromatic rings. The fourth-order valence-corrected chi connectivity index (χ4v) is 4.59. The summed E-state index contributed by atoms with van der Waals surface area (Å²) < 4.78 is 33.9. The number of hydrogen-bond donors (Lipinski definition) is 2. The normalized spacial score (nSPS) is 15.8. The van der Waals surface area contributed by atoms with Gasteiger partial charge in [0.25, 0.3) is 15.9 Å². The molecule has 0 unspecified atom stereocenters. The van der Waals surface area contributed by atoms with Crippen LogP contribution in [0.15, 0.2) is 51.9 Å². The number of hydrogen-bond acceptors (Lipinski definition) is 6. The van der Waals surface area contributed by atoms with Gasteiger partial charge < -0.3 is 10.3 Å². The van der Waals surface area contributed by atoms with Gasteiger partial charge in [-0.15, -0.1) is 0 Å². The van der Waals surface area contributed by atoms with Gasteiger partial charge in [0.15, 0.2) is 5.82 Å². The molecular formula is C20H22N4O3S. The predicted octanol–water partition coefficient (Wildman–Crippen LogP) is 3.49. The van der Waals surface area contributed by atoms with Gasteiger partial charge in [0, 0.05) is 11.3 Å². The Balaban J connectivity index is 1.67. The molecule has 1 heterocycles. The Morgan fingerprint density at radius 3 is 2.61 bits per heavy atom. The van der Waals surface area contributed by atoms with E-state index >= 15 is 0 Å². The minimum absolute atomic E-state index is 0.164. The predicted molar refractivity (Wildman–Crippen MR) is 106 cm³/mol. The molecule has 0 saturated heterocycles. The van der Waals surface area contributed by atoms with Crippen molar-refractivity contribution in [1.29, 1.82) is 0 Å². The van der Waals surface area contributed by atoms with E-state index in [1.807, 2.05) is 13.0 Å². The molecular weight excluding hydrogens is 376 g/mol. The Labute approximate surface area is 164 Å². The number of nitrogens with zero attached hydrogens (tertiary/aromatic N) is 2. The number of nitrogens with two attached hydrogens (primary N) is 1. The lowest BCUT2D eigenvalue weighted by atomic mass is 9.77. The number of rotatable bonds is 5. The minimum atomic E-state index is -3.77. The molecule has 4 rings (SSSR count). The van der Waals surface area contributed by atoms with Crippen molar-refractivity contribution in [1.82, 2.24) is 10.1 Å². The van der Waals surface area contributed by atoms with Crippen molar-refractivity contribution in [2.75, 3.05) is 4.72 Å². The van der Waals surface area contributed by atoms with E-state index in [1.54, 1.807) is 43.3 Å². The second-order valence-electron chi connectivity index (χ2n) is 7.39. The zero-order valence-corrected chi connectivity index (χ0v) is 16.6. The van der Waals surface area contributed by atoms with Crippen molar-refractivity contribution in [3.63, 3.8) is 0 Å². The first-order valence-corrected chi connectivity index (χ1v) is 10.6. The number of benzene rings is 2. The molecule has 3 N–H and O–H groups in total. The van der Waals surface area contributed by atoms with Crippen LogP contribution in [0.5, 0.6) is 0 Å². The summed E-state index contributed by atoms with van der Waals surface area (Å²) in [5, 5.41) is 4.00. The van der Waals surface area contributed by atoms with Gasteiger partial charge in [-0.2, -0.15) is 4.98 Å². The molecule has 0 bridgehead atoms. The van der Waals surface area contributed by atoms with Gasteiger partial charge in [-0.3, -0.25) is 4.72 Å². The Kier molecular flexibility index (Phi) is 4.47. The second-order valence-corrected chi connectivity index (χ2v) is 9.04. The summed E-state index contributed by atoms with van der Waals surface area (Å²) >= 11 is 0. The Morgan fingerprint density at radius 2 is 1.93 bits per heavy atom. The summed E-state index contributed by atoms with van der Waals surface area (Å²) in [6, 6.07) is 12.2. The van der Waals surface area contributed by atoms with Crippen molar-refractivity contribution >= 4 is 15.7 Å². The van der Waals surface area contributed by atoms with Crippen LogP contribution in [0.1, 0.15) is 36.2 Å². The zero-order chi connectivity index (χ0) is 19.9. The van der Waals surface area contributed by atoms with Gasteiger partial charge in [-0.1, -0.05) is 23.4 Å². The summed E-state index contributed by atoms with van der Waals surface area (Å²) in [4.78, 5) is 4.57. The van der Waals surface area contributed by atoms with Crippen LogP contribution in [0.4, 0.5) is 5.69 Å². The van der Waals surface area contributed by atoms with E-state index in [0.717, 1.165) is 24.8 Å². The third kappa shape index (κ3) is 3.41. The minimum Gasteiger partial charge on any atom is -0.334 e. The molecule has 1 fully saturated rings. The standard InChI is InChI=1S/C20H22N4O3S/c1-13-5-3-6-16(11-13)24-28(25,26)17-12-15(8-7-14(17)2)18-22-19(23-27-18)20(21)9-4-10-20/h3,5-8,11-12,24H,4,9-10,21H2,1-2H3. The lowest BCUT2D eigenvalue weighted by Crippen LogP contribution is -2.44. The van der Waals surface area contributed by atoms with Crippen molar-refractivity contribution in [3.05, 3.63) is 59.4 Å². The molecule has 0 atom stereocenters. The first kappa shape index (κ1) is 18.6. The van der Waals surface area contributed by atoms with Crippen LogP contribution < -0.4 is 10.5 Å². The van der Waals surface area contributed by atoms with Crippen LogP contribution in [0.2, 0.25) is 0 Å². The molecule has 1 aromatic heterocycles. The molecule has 146 valence electrons. The molecule has 28 heavy (non-hydrogen) atoms. The summed E-state index contributed by atoms with van der Waals surface area (Å²) in [5.74, 6) is 0.732. The highest BCUT2D eigenvalue weighted by Crippen LogP contribution is 2.38. The van der Waals surface area contributed by atoms with E-state index in [-0.39, 0.29) is 10.8 Å². The topological polar surface area (TPSA) is 111 Å². The van der Waals surface area contributed by atoms with Gasteiger partial charge in [-0.25, -0.2) is 8.42 Å². The molecule has 1 saturated carbocycles. The van der Waals surface area contributed by atoms with Crippen LogP contribution >= 0.6 is 0 Å². The third-order valence-corrected chi connectivity index (χ3v) is 6.64. The summed E-state index contributed by atoms with van der Waals surface area (Å²) in [5.41, 5.74) is 8.36. The van der Waals surface area contributed by atoms with Gasteiger partial charge in [0.05, 0.1) is 10.4 Å². The first-order valence-electron chi connectivity index (χ1n) is 9.10. The van der Waals surface area contributed by atoms with Crippen molar-refractivity contribution in [2.24, 2.45) is 5.73 Å². The maximum Gasteiger partial charge on any atom is 0.262 e. The van der Waals surface area contributed by atoms with Crippen LogP contribution in [0.3, 0.4) is 0 Å². The lowest BCUT2D eigenvalue weighted by Gasteiger charge is -2.34. The second kappa shape index (κ2) is 6.72. The number of sulfonamides is 1. The van der Waals surface area contributed by atoms with Crippen molar-refractivity contribution in [2.45, 2.75) is 43.5 Å². The van der Waals surface area contributed by atoms with Crippen molar-refractivity contribution < 1.29 is 12.9 Å². The average molecular weight is 398 g/mol. The molecule has 8 heteroatoms. The maximum absolute atomic E-state index is 12.9. The number of nitrogens with one attached hydrogen (secondary N) is 1. The van der Waals surface area contributed by atoms with Crippen molar-refractivity contribution in [3.8, 4) is 11.5 Å². The quantitative estimate of drug-likeness (QED) is 0.680. The highest BCUT2D eigenvalue weighted by atomic mass is 32.2. The van der Waals surface area contributed by atoms with E-state index in [0.29, 0.717) is 22.6 Å². The lowest BCUT2D eigenvalue weighted by molar-refractivity contribution is 0.229. The molecule has 1 aliphatic rings. The first-order chi connectivity index (χ1) is 13.3. The number of aryl methyl sites for hydroxylation is 2. The van der Waals surface area contributed by atoms with Gasteiger partial charge in [0.1, 0.15) is 0 Å². The zero-order valence-electron chi connectivity index (χ0n) is 15.8. The van der Waals surface area contributed by atoms with E-state index in [9.17, 15) is 8.42 Å².